The van der Waals surface area contributed by atoms with Gasteiger partial charge >= 0.3 is 11.7 Å². The largest absolute Gasteiger partial charge is 0.452 e. The monoisotopic (exact) mass is 467 g/mol. The van der Waals surface area contributed by atoms with E-state index >= 15 is 0 Å². The Morgan fingerprint density at radius 1 is 1.19 bits per heavy atom. The number of nitrogens with one attached hydrogen (secondary N) is 1. The molecule has 1 unspecified atom stereocenters. The molecule has 0 bridgehead atoms. The Morgan fingerprint density at radius 3 is 2.58 bits per heavy atom. The smallest absolute Gasteiger partial charge is 0.332 e. The summed E-state index contributed by atoms with van der Waals surface area (Å²) in [5.74, 6) is -1.21. The molecule has 1 aromatic carbocycles. The van der Waals surface area contributed by atoms with Crippen LogP contribution in [-0.4, -0.2) is 36.7 Å². The zero-order chi connectivity index (χ0) is 22.9. The Bertz CT molecular complexity index is 1290. The number of esters is 1. The molecule has 3 rings (SSSR count). The maximum absolute atomic E-state index is 12.4. The van der Waals surface area contributed by atoms with Crippen LogP contribution in [0.1, 0.15) is 13.3 Å². The predicted octanol–water partition coefficient (Wildman–Crippen LogP) is 1.70. The Kier molecular flexibility index (Phi) is 6.51. The van der Waals surface area contributed by atoms with E-state index in [9.17, 15) is 19.2 Å². The third-order valence-corrected chi connectivity index (χ3v) is 5.19. The van der Waals surface area contributed by atoms with Crippen molar-refractivity contribution in [2.24, 2.45) is 14.1 Å². The van der Waals surface area contributed by atoms with Crippen molar-refractivity contribution < 1.29 is 14.3 Å². The number of aromatic nitrogens is 4. The molecule has 0 aliphatic carbocycles. The van der Waals surface area contributed by atoms with Crippen molar-refractivity contribution in [3.63, 3.8) is 0 Å². The summed E-state index contributed by atoms with van der Waals surface area (Å²) >= 11 is 11.8. The van der Waals surface area contributed by atoms with Gasteiger partial charge in [-0.3, -0.25) is 23.5 Å². The van der Waals surface area contributed by atoms with Crippen LogP contribution in [0.3, 0.4) is 0 Å². The van der Waals surface area contributed by atoms with E-state index in [2.05, 4.69) is 10.3 Å². The minimum Gasteiger partial charge on any atom is -0.452 e. The van der Waals surface area contributed by atoms with E-state index in [0.29, 0.717) is 10.7 Å². The first kappa shape index (κ1) is 22.6. The van der Waals surface area contributed by atoms with E-state index in [1.54, 1.807) is 6.07 Å². The molecule has 2 heterocycles. The molecule has 0 saturated carbocycles. The van der Waals surface area contributed by atoms with Gasteiger partial charge in [-0.1, -0.05) is 23.2 Å². The minimum atomic E-state index is -1.08. The van der Waals surface area contributed by atoms with Gasteiger partial charge in [0.2, 0.25) is 0 Å². The number of halogens is 2. The van der Waals surface area contributed by atoms with Gasteiger partial charge in [-0.25, -0.2) is 9.78 Å². The highest BCUT2D eigenvalue weighted by Crippen LogP contribution is 2.25. The first-order chi connectivity index (χ1) is 14.6. The van der Waals surface area contributed by atoms with Crippen molar-refractivity contribution in [3.8, 4) is 0 Å². The molecular formula is C19H19Cl2N5O5. The summed E-state index contributed by atoms with van der Waals surface area (Å²) in [4.78, 5) is 53.0. The first-order valence-electron chi connectivity index (χ1n) is 9.16. The molecule has 0 radical (unpaired) electrons. The number of carbonyl (C=O) groups is 2. The lowest BCUT2D eigenvalue weighted by atomic mass is 10.3. The quantitative estimate of drug-likeness (QED) is 0.551. The lowest BCUT2D eigenvalue weighted by molar-refractivity contribution is -0.153. The van der Waals surface area contributed by atoms with E-state index in [-0.39, 0.29) is 29.2 Å². The molecule has 12 heteroatoms. The molecule has 1 amide bonds. The number of hydrogen-bond donors (Lipinski definition) is 1. The normalized spacial score (nSPS) is 12.0. The number of ether oxygens (including phenoxy) is 1. The molecule has 164 valence electrons. The second-order valence-electron chi connectivity index (χ2n) is 6.81. The maximum atomic E-state index is 12.4. The number of benzene rings is 1. The van der Waals surface area contributed by atoms with Crippen LogP contribution in [0.2, 0.25) is 10.0 Å². The first-order valence-corrected chi connectivity index (χ1v) is 9.92. The van der Waals surface area contributed by atoms with Crippen LogP contribution >= 0.6 is 23.2 Å². The number of carbonyl (C=O) groups excluding carboxylic acids is 2. The van der Waals surface area contributed by atoms with Crippen molar-refractivity contribution >= 4 is 51.9 Å². The summed E-state index contributed by atoms with van der Waals surface area (Å²) in [7, 11) is 2.87. The highest BCUT2D eigenvalue weighted by atomic mass is 35.5. The second-order valence-corrected chi connectivity index (χ2v) is 7.66. The molecule has 1 N–H and O–H groups in total. The third-order valence-electron chi connectivity index (χ3n) is 4.64. The number of fused-ring (bicyclic) bond motifs is 1. The standard InChI is InChI=1S/C19H19Cl2N5O5/c1-10(17(28)23-13-5-4-11(20)8-12(13)21)31-14(27)6-7-26-9-22-16-15(26)18(29)25(3)19(30)24(16)2/h4-5,8-10H,6-7H2,1-3H3,(H,23,28). The van der Waals surface area contributed by atoms with Crippen molar-refractivity contribution in [1.29, 1.82) is 0 Å². The van der Waals surface area contributed by atoms with E-state index in [1.807, 2.05) is 0 Å². The van der Waals surface area contributed by atoms with Crippen molar-refractivity contribution in [2.45, 2.75) is 26.0 Å². The third kappa shape index (κ3) is 4.64. The SMILES string of the molecule is CC(OC(=O)CCn1cnc2c1c(=O)n(C)c(=O)n2C)C(=O)Nc1ccc(Cl)cc1Cl. The topological polar surface area (TPSA) is 117 Å². The van der Waals surface area contributed by atoms with Crippen molar-refractivity contribution in [1.82, 2.24) is 18.7 Å². The molecule has 2 aromatic heterocycles. The minimum absolute atomic E-state index is 0.0835. The lowest BCUT2D eigenvalue weighted by Crippen LogP contribution is -2.37. The van der Waals surface area contributed by atoms with E-state index in [4.69, 9.17) is 27.9 Å². The lowest BCUT2D eigenvalue weighted by Gasteiger charge is -2.14. The zero-order valence-electron chi connectivity index (χ0n) is 16.9. The average Bonchev–Trinajstić information content (AvgIpc) is 3.15. The molecule has 1 atom stereocenters. The Labute approximate surface area is 186 Å². The Morgan fingerprint density at radius 2 is 1.90 bits per heavy atom. The van der Waals surface area contributed by atoms with Gasteiger partial charge in [0.15, 0.2) is 17.3 Å². The summed E-state index contributed by atoms with van der Waals surface area (Å²) in [5.41, 5.74) is -0.265. The number of rotatable bonds is 6. The molecule has 3 aromatic rings. The van der Waals surface area contributed by atoms with Gasteiger partial charge in [-0.05, 0) is 25.1 Å². The summed E-state index contributed by atoms with van der Waals surface area (Å²) in [6.45, 7) is 1.51. The van der Waals surface area contributed by atoms with Gasteiger partial charge in [-0.2, -0.15) is 0 Å². The summed E-state index contributed by atoms with van der Waals surface area (Å²) < 4.78 is 8.85. The maximum Gasteiger partial charge on any atom is 0.332 e. The fourth-order valence-electron chi connectivity index (χ4n) is 2.91. The van der Waals surface area contributed by atoms with E-state index < -0.39 is 29.2 Å². The van der Waals surface area contributed by atoms with Gasteiger partial charge in [0.25, 0.3) is 11.5 Å². The van der Waals surface area contributed by atoms with Gasteiger partial charge in [0.05, 0.1) is 23.5 Å². The molecule has 0 aliphatic rings. The number of amides is 1. The summed E-state index contributed by atoms with van der Waals surface area (Å²) in [5, 5.41) is 3.24. The fraction of sp³-hybridized carbons (Fsp3) is 0.316. The van der Waals surface area contributed by atoms with Gasteiger partial charge in [-0.15, -0.1) is 0 Å². The summed E-state index contributed by atoms with van der Waals surface area (Å²) in [6.07, 6.45) is 0.182. The number of nitrogens with zero attached hydrogens (tertiary/aromatic N) is 4. The second kappa shape index (κ2) is 8.94. The molecule has 0 saturated heterocycles. The average molecular weight is 468 g/mol. The molecule has 0 spiro atoms. The van der Waals surface area contributed by atoms with Crippen LogP contribution in [0.15, 0.2) is 34.1 Å². The van der Waals surface area contributed by atoms with Crippen molar-refractivity contribution in [2.75, 3.05) is 5.32 Å². The highest BCUT2D eigenvalue weighted by molar-refractivity contribution is 6.36. The number of hydrogen-bond acceptors (Lipinski definition) is 6. The molecule has 0 fully saturated rings. The van der Waals surface area contributed by atoms with Gasteiger partial charge < -0.3 is 14.6 Å². The highest BCUT2D eigenvalue weighted by Gasteiger charge is 2.20. The molecule has 0 aliphatic heterocycles. The van der Waals surface area contributed by atoms with Crippen molar-refractivity contribution in [3.05, 3.63) is 55.4 Å². The Hall–Kier alpha value is -3.11. The summed E-state index contributed by atoms with van der Waals surface area (Å²) in [6, 6.07) is 4.58. The van der Waals surface area contributed by atoms with Crippen LogP contribution in [0.5, 0.6) is 0 Å². The van der Waals surface area contributed by atoms with E-state index in [0.717, 1.165) is 4.57 Å². The zero-order valence-corrected chi connectivity index (χ0v) is 18.4. The van der Waals surface area contributed by atoms with Crippen LogP contribution in [-0.2, 0) is 35.0 Å². The van der Waals surface area contributed by atoms with Crippen LogP contribution in [0.4, 0.5) is 5.69 Å². The molecular weight excluding hydrogens is 449 g/mol. The number of anilines is 1. The molecule has 31 heavy (non-hydrogen) atoms. The van der Waals surface area contributed by atoms with Crippen LogP contribution in [0, 0.1) is 0 Å². The van der Waals surface area contributed by atoms with Gasteiger partial charge in [0, 0.05) is 25.7 Å². The van der Waals surface area contributed by atoms with E-state index in [1.165, 1.54) is 48.6 Å². The predicted molar refractivity (Wildman–Crippen MR) is 115 cm³/mol. The van der Waals surface area contributed by atoms with Crippen LogP contribution in [0.25, 0.3) is 11.2 Å². The number of aryl methyl sites for hydroxylation is 2. The van der Waals surface area contributed by atoms with Crippen LogP contribution < -0.4 is 16.6 Å². The van der Waals surface area contributed by atoms with Gasteiger partial charge in [0.1, 0.15) is 0 Å². The molecule has 10 nitrogen and oxygen atoms in total. The Balaban J connectivity index is 1.64. The fourth-order valence-corrected chi connectivity index (χ4v) is 3.37. The number of imidazole rings is 1.